The molecule has 0 aliphatic rings. The second-order valence-electron chi connectivity index (χ2n) is 7.74. The zero-order valence-electron chi connectivity index (χ0n) is 19.4. The number of aromatic nitrogens is 5. The fourth-order valence-electron chi connectivity index (χ4n) is 3.99. The van der Waals surface area contributed by atoms with Gasteiger partial charge in [-0.1, -0.05) is 23.4 Å². The lowest BCUT2D eigenvalue weighted by Crippen LogP contribution is -1.99. The average Bonchev–Trinajstić information content (AvgIpc) is 3.40. The van der Waals surface area contributed by atoms with Crippen molar-refractivity contribution in [2.24, 2.45) is 5.16 Å². The zero-order valence-corrected chi connectivity index (χ0v) is 19.4. The van der Waals surface area contributed by atoms with Gasteiger partial charge in [-0.25, -0.2) is 14.5 Å². The number of oxime groups is 1. The normalized spacial score (nSPS) is 11.5. The third kappa shape index (κ3) is 3.71. The second-order valence-corrected chi connectivity index (χ2v) is 7.74. The summed E-state index contributed by atoms with van der Waals surface area (Å²) in [5, 5.41) is 9.52. The van der Waals surface area contributed by atoms with Crippen molar-refractivity contribution >= 4 is 22.9 Å². The summed E-state index contributed by atoms with van der Waals surface area (Å²) in [6, 6.07) is 15.7. The molecule has 3 aromatic heterocycles. The third-order valence-corrected chi connectivity index (χ3v) is 5.77. The smallest absolute Gasteiger partial charge is 0.192 e. The Hall–Kier alpha value is -4.40. The molecule has 0 aliphatic heterocycles. The third-order valence-electron chi connectivity index (χ3n) is 5.77. The Balaban J connectivity index is 1.40. The first-order valence-corrected chi connectivity index (χ1v) is 10.8. The Labute approximate surface area is 196 Å². The molecule has 0 unspecified atom stereocenters. The largest absolute Gasteiger partial charge is 0.493 e. The minimum absolute atomic E-state index is 0.129. The summed E-state index contributed by atoms with van der Waals surface area (Å²) in [4.78, 5) is 14.8. The summed E-state index contributed by atoms with van der Waals surface area (Å²) in [6.45, 7) is 4.30. The molecule has 0 bridgehead atoms. The molecule has 5 aromatic rings. The maximum Gasteiger partial charge on any atom is 0.192 e. The summed E-state index contributed by atoms with van der Waals surface area (Å²) >= 11 is 0. The van der Waals surface area contributed by atoms with Gasteiger partial charge in [0.1, 0.15) is 6.33 Å². The molecule has 2 aromatic carbocycles. The Morgan fingerprint density at radius 2 is 1.76 bits per heavy atom. The van der Waals surface area contributed by atoms with E-state index in [1.807, 2.05) is 36.4 Å². The molecule has 0 saturated heterocycles. The summed E-state index contributed by atoms with van der Waals surface area (Å²) in [7, 11) is 3.19. The highest BCUT2D eigenvalue weighted by atomic mass is 16.6. The van der Waals surface area contributed by atoms with Crippen molar-refractivity contribution in [3.05, 3.63) is 77.5 Å². The predicted molar refractivity (Wildman–Crippen MR) is 129 cm³/mol. The van der Waals surface area contributed by atoms with Crippen LogP contribution in [0, 0.1) is 13.8 Å². The number of methoxy groups -OCH3 is 2. The highest BCUT2D eigenvalue weighted by Crippen LogP contribution is 2.30. The van der Waals surface area contributed by atoms with Crippen LogP contribution in [0.15, 0.2) is 60.0 Å². The van der Waals surface area contributed by atoms with E-state index >= 15 is 0 Å². The van der Waals surface area contributed by atoms with Gasteiger partial charge in [0.05, 0.1) is 25.8 Å². The molecule has 34 heavy (non-hydrogen) atoms. The topological polar surface area (TPSA) is 88.1 Å². The van der Waals surface area contributed by atoms with Gasteiger partial charge in [0.25, 0.3) is 0 Å². The van der Waals surface area contributed by atoms with E-state index in [2.05, 4.69) is 45.8 Å². The van der Waals surface area contributed by atoms with E-state index < -0.39 is 0 Å². The first-order valence-electron chi connectivity index (χ1n) is 10.8. The number of rotatable bonds is 7. The molecule has 172 valence electrons. The summed E-state index contributed by atoms with van der Waals surface area (Å²) in [5.74, 6) is 1.79. The molecule has 9 heteroatoms. The molecule has 9 nitrogen and oxygen atoms in total. The van der Waals surface area contributed by atoms with Crippen molar-refractivity contribution in [3.63, 3.8) is 0 Å². The number of fused-ring (bicyclic) bond motifs is 3. The Bertz CT molecular complexity index is 1500. The molecule has 5 rings (SSSR count). The van der Waals surface area contributed by atoms with Gasteiger partial charge in [-0.05, 0) is 49.7 Å². The highest BCUT2D eigenvalue weighted by Gasteiger charge is 2.18. The standard InChI is InChI=1S/C25H24N6O3/c1-16-17(2)31(19-8-6-5-7-9-19)24-23(16)25-28-22(29-30(25)15-26-24)14-34-27-13-18-10-11-20(32-3)21(12-18)33-4/h5-13,15H,14H2,1-4H3. The molecule has 0 amide bonds. The van der Waals surface area contributed by atoms with Crippen LogP contribution in [0.3, 0.4) is 0 Å². The van der Waals surface area contributed by atoms with Crippen LogP contribution in [0.1, 0.15) is 22.6 Å². The van der Waals surface area contributed by atoms with Gasteiger partial charge in [-0.2, -0.15) is 0 Å². The number of para-hydroxylation sites is 1. The Kier molecular flexibility index (Phi) is 5.59. The fraction of sp³-hybridized carbons (Fsp3) is 0.200. The van der Waals surface area contributed by atoms with Gasteiger partial charge >= 0.3 is 0 Å². The van der Waals surface area contributed by atoms with E-state index in [1.54, 1.807) is 31.3 Å². The number of nitrogens with zero attached hydrogens (tertiary/aromatic N) is 6. The van der Waals surface area contributed by atoms with E-state index in [9.17, 15) is 0 Å². The van der Waals surface area contributed by atoms with Gasteiger partial charge < -0.3 is 14.3 Å². The van der Waals surface area contributed by atoms with Crippen molar-refractivity contribution in [1.82, 2.24) is 24.1 Å². The zero-order chi connectivity index (χ0) is 23.7. The molecule has 3 heterocycles. The maximum atomic E-state index is 5.46. The minimum Gasteiger partial charge on any atom is -0.493 e. The van der Waals surface area contributed by atoms with Gasteiger partial charge in [0.15, 0.2) is 35.2 Å². The molecular weight excluding hydrogens is 432 g/mol. The molecule has 0 fully saturated rings. The first-order chi connectivity index (χ1) is 16.6. The van der Waals surface area contributed by atoms with Crippen LogP contribution in [0.2, 0.25) is 0 Å². The number of ether oxygens (including phenoxy) is 2. The molecule has 0 radical (unpaired) electrons. The number of hydrogen-bond acceptors (Lipinski definition) is 7. The van der Waals surface area contributed by atoms with Crippen LogP contribution < -0.4 is 9.47 Å². The first kappa shape index (κ1) is 21.4. The van der Waals surface area contributed by atoms with Crippen LogP contribution in [0.5, 0.6) is 11.5 Å². The lowest BCUT2D eigenvalue weighted by molar-refractivity contribution is 0.126. The molecule has 0 aliphatic carbocycles. The maximum absolute atomic E-state index is 5.46. The van der Waals surface area contributed by atoms with Crippen molar-refractivity contribution in [1.29, 1.82) is 0 Å². The van der Waals surface area contributed by atoms with Gasteiger partial charge in [-0.3, -0.25) is 4.57 Å². The van der Waals surface area contributed by atoms with Gasteiger partial charge in [-0.15, -0.1) is 5.10 Å². The van der Waals surface area contributed by atoms with E-state index in [-0.39, 0.29) is 6.61 Å². The van der Waals surface area contributed by atoms with Gasteiger partial charge in [0.2, 0.25) is 0 Å². The second kappa shape index (κ2) is 8.86. The molecule has 0 N–H and O–H groups in total. The molecular formula is C25H24N6O3. The number of benzene rings is 2. The summed E-state index contributed by atoms with van der Waals surface area (Å²) in [5.41, 5.74) is 5.69. The Morgan fingerprint density at radius 1 is 0.971 bits per heavy atom. The van der Waals surface area contributed by atoms with Crippen molar-refractivity contribution in [2.45, 2.75) is 20.5 Å². The summed E-state index contributed by atoms with van der Waals surface area (Å²) in [6.07, 6.45) is 3.28. The van der Waals surface area contributed by atoms with Crippen molar-refractivity contribution < 1.29 is 14.3 Å². The van der Waals surface area contributed by atoms with Crippen LogP contribution in [0.4, 0.5) is 0 Å². The Morgan fingerprint density at radius 3 is 2.53 bits per heavy atom. The molecule has 0 spiro atoms. The number of hydrogen-bond donors (Lipinski definition) is 0. The van der Waals surface area contributed by atoms with E-state index in [0.717, 1.165) is 39.2 Å². The molecule has 0 atom stereocenters. The van der Waals surface area contributed by atoms with E-state index in [1.165, 1.54) is 0 Å². The van der Waals surface area contributed by atoms with Crippen molar-refractivity contribution in [3.8, 4) is 17.2 Å². The van der Waals surface area contributed by atoms with E-state index in [4.69, 9.17) is 19.3 Å². The monoisotopic (exact) mass is 456 g/mol. The molecule has 0 saturated carbocycles. The van der Waals surface area contributed by atoms with Crippen LogP contribution >= 0.6 is 0 Å². The fourth-order valence-corrected chi connectivity index (χ4v) is 3.99. The average molecular weight is 457 g/mol. The quantitative estimate of drug-likeness (QED) is 0.269. The SMILES string of the molecule is COc1ccc(C=NOCc2nc3c4c(C)c(C)n(-c5ccccc5)c4ncn3n2)cc1OC. The van der Waals surface area contributed by atoms with Crippen molar-refractivity contribution in [2.75, 3.05) is 14.2 Å². The summed E-state index contributed by atoms with van der Waals surface area (Å²) < 4.78 is 14.4. The minimum atomic E-state index is 0.129. The van der Waals surface area contributed by atoms with E-state index in [0.29, 0.717) is 17.3 Å². The lowest BCUT2D eigenvalue weighted by Gasteiger charge is -2.07. The lowest BCUT2D eigenvalue weighted by atomic mass is 10.2. The highest BCUT2D eigenvalue weighted by molar-refractivity contribution is 5.95. The van der Waals surface area contributed by atoms with Crippen LogP contribution in [-0.4, -0.2) is 44.6 Å². The van der Waals surface area contributed by atoms with Crippen LogP contribution in [-0.2, 0) is 11.4 Å². The van der Waals surface area contributed by atoms with Gasteiger partial charge in [0, 0.05) is 16.9 Å². The predicted octanol–water partition coefficient (Wildman–Crippen LogP) is 4.25. The number of aryl methyl sites for hydroxylation is 1. The van der Waals surface area contributed by atoms with Crippen LogP contribution in [0.25, 0.3) is 22.4 Å².